The van der Waals surface area contributed by atoms with Crippen molar-refractivity contribution < 1.29 is 41.8 Å². The second-order valence-electron chi connectivity index (χ2n) is 11.4. The minimum absolute atomic E-state index is 0.0327. The maximum absolute atomic E-state index is 13.0. The van der Waals surface area contributed by atoms with Crippen molar-refractivity contribution in [1.29, 1.82) is 0 Å². The first-order valence-corrected chi connectivity index (χ1v) is 15.7. The molecule has 2 aromatic carbocycles. The number of ether oxygens (including phenoxy) is 2. The molecule has 2 aromatic heterocycles. The zero-order valence-corrected chi connectivity index (χ0v) is 27.8. The van der Waals surface area contributed by atoms with E-state index in [0.717, 1.165) is 12.7 Å². The van der Waals surface area contributed by atoms with Crippen LogP contribution in [0.5, 0.6) is 6.01 Å². The Morgan fingerprint density at radius 3 is 2.27 bits per heavy atom. The standard InChI is InChI=1S/C32H31ClF3N9O6/c1-45-16-13-24(44-45)39-26(48)23(46)12-11-22(27(49)50-2)38-25(47)18-3-9-21(10-4-18)37-28-40-29(42-30(41-28)51-17-32(34,35)36)43-31(14-15-31)19-5-7-20(33)8-6-19/h3-10,13,16,22H,11-12,14-15,17H2,1-2H3,(H,38,47)(H,39,44,48)(H2,37,40,41,42,43)/t22-/m0/s1. The summed E-state index contributed by atoms with van der Waals surface area (Å²) in [4.78, 5) is 62.3. The number of amides is 2. The number of anilines is 4. The lowest BCUT2D eigenvalue weighted by Crippen LogP contribution is -2.42. The van der Waals surface area contributed by atoms with Gasteiger partial charge in [0.1, 0.15) is 6.04 Å². The molecule has 1 aliphatic carbocycles. The van der Waals surface area contributed by atoms with E-state index in [4.69, 9.17) is 21.1 Å². The summed E-state index contributed by atoms with van der Waals surface area (Å²) in [6.07, 6.45) is -2.24. The van der Waals surface area contributed by atoms with Crippen LogP contribution >= 0.6 is 11.6 Å². The summed E-state index contributed by atoms with van der Waals surface area (Å²) in [5.41, 5.74) is 0.791. The largest absolute Gasteiger partial charge is 0.467 e. The van der Waals surface area contributed by atoms with Gasteiger partial charge in [0.25, 0.3) is 11.8 Å². The molecule has 19 heteroatoms. The maximum Gasteiger partial charge on any atom is 0.422 e. The molecule has 268 valence electrons. The first-order chi connectivity index (χ1) is 24.2. The highest BCUT2D eigenvalue weighted by molar-refractivity contribution is 6.40. The molecule has 0 bridgehead atoms. The number of aromatic nitrogens is 5. The van der Waals surface area contributed by atoms with Gasteiger partial charge >= 0.3 is 18.2 Å². The number of benzene rings is 2. The third-order valence-corrected chi connectivity index (χ3v) is 7.79. The molecule has 4 N–H and O–H groups in total. The first-order valence-electron chi connectivity index (χ1n) is 15.3. The number of carbonyl (C=O) groups excluding carboxylic acids is 4. The predicted octanol–water partition coefficient (Wildman–Crippen LogP) is 4.30. The highest BCUT2D eigenvalue weighted by Gasteiger charge is 2.45. The Balaban J connectivity index is 1.24. The number of Topliss-reactive ketones (excluding diaryl/α,β-unsaturated/α-hetero) is 1. The van der Waals surface area contributed by atoms with E-state index < -0.39 is 53.9 Å². The maximum atomic E-state index is 13.0. The van der Waals surface area contributed by atoms with Crippen LogP contribution in [0.4, 0.5) is 36.6 Å². The van der Waals surface area contributed by atoms with Gasteiger partial charge in [0, 0.05) is 42.0 Å². The number of aryl methyl sites for hydroxylation is 1. The van der Waals surface area contributed by atoms with Crippen molar-refractivity contribution in [2.45, 2.75) is 43.4 Å². The molecular formula is C32H31ClF3N9O6. The van der Waals surface area contributed by atoms with Gasteiger partial charge in [-0.1, -0.05) is 23.7 Å². The van der Waals surface area contributed by atoms with Crippen LogP contribution in [0.1, 0.15) is 41.6 Å². The molecule has 1 atom stereocenters. The fraction of sp³-hybridized carbons (Fsp3) is 0.312. The quantitative estimate of drug-likeness (QED) is 0.100. The van der Waals surface area contributed by atoms with Gasteiger partial charge in [-0.05, 0) is 61.2 Å². The number of ketones is 1. The van der Waals surface area contributed by atoms with Gasteiger partial charge in [-0.2, -0.15) is 33.2 Å². The van der Waals surface area contributed by atoms with Gasteiger partial charge in [0.15, 0.2) is 12.4 Å². The van der Waals surface area contributed by atoms with Gasteiger partial charge < -0.3 is 30.7 Å². The first kappa shape index (κ1) is 36.5. The van der Waals surface area contributed by atoms with Crippen molar-refractivity contribution in [3.05, 3.63) is 76.9 Å². The summed E-state index contributed by atoms with van der Waals surface area (Å²) in [5.74, 6) is -3.28. The SMILES string of the molecule is COC(=O)[C@H](CCC(=O)C(=O)Nc1ccn(C)n1)NC(=O)c1ccc(Nc2nc(NC3(c4ccc(Cl)cc4)CC3)nc(OCC(F)(F)F)n2)cc1. The van der Waals surface area contributed by atoms with Crippen LogP contribution in [0.15, 0.2) is 60.8 Å². The number of alkyl halides is 3. The Labute approximate surface area is 293 Å². The fourth-order valence-electron chi connectivity index (χ4n) is 4.80. The number of halogens is 4. The van der Waals surface area contributed by atoms with Crippen LogP contribution < -0.4 is 26.0 Å². The smallest absolute Gasteiger partial charge is 0.422 e. The molecule has 1 fully saturated rings. The zero-order chi connectivity index (χ0) is 36.8. The van der Waals surface area contributed by atoms with Gasteiger partial charge in [0.05, 0.1) is 12.6 Å². The monoisotopic (exact) mass is 729 g/mol. The average Bonchev–Trinajstić information content (AvgIpc) is 3.76. The predicted molar refractivity (Wildman–Crippen MR) is 176 cm³/mol. The van der Waals surface area contributed by atoms with Gasteiger partial charge in [-0.15, -0.1) is 0 Å². The molecule has 5 rings (SSSR count). The molecule has 0 saturated heterocycles. The molecule has 15 nitrogen and oxygen atoms in total. The number of rotatable bonds is 15. The normalized spacial score (nSPS) is 13.8. The van der Waals surface area contributed by atoms with Crippen molar-refractivity contribution in [3.63, 3.8) is 0 Å². The van der Waals surface area contributed by atoms with Crippen molar-refractivity contribution in [3.8, 4) is 6.01 Å². The summed E-state index contributed by atoms with van der Waals surface area (Å²) in [6.45, 7) is -1.62. The van der Waals surface area contributed by atoms with Crippen LogP contribution in [0.25, 0.3) is 0 Å². The van der Waals surface area contributed by atoms with Gasteiger partial charge in [0.2, 0.25) is 17.7 Å². The molecule has 2 heterocycles. The molecule has 2 amide bonds. The summed E-state index contributed by atoms with van der Waals surface area (Å²) in [7, 11) is 2.75. The van der Waals surface area contributed by atoms with Crippen molar-refractivity contribution in [2.75, 3.05) is 29.7 Å². The van der Waals surface area contributed by atoms with Crippen LogP contribution in [0, 0.1) is 0 Å². The molecule has 1 saturated carbocycles. The van der Waals surface area contributed by atoms with E-state index in [1.165, 1.54) is 35.0 Å². The van der Waals surface area contributed by atoms with Crippen molar-refractivity contribution in [1.82, 2.24) is 30.0 Å². The molecule has 0 spiro atoms. The van der Waals surface area contributed by atoms with Crippen LogP contribution in [0.3, 0.4) is 0 Å². The van der Waals surface area contributed by atoms with Crippen molar-refractivity contribution in [2.24, 2.45) is 7.05 Å². The second kappa shape index (κ2) is 15.4. The lowest BCUT2D eigenvalue weighted by atomic mass is 10.1. The number of nitrogens with zero attached hydrogens (tertiary/aromatic N) is 5. The van der Waals surface area contributed by atoms with Crippen LogP contribution in [-0.2, 0) is 31.7 Å². The summed E-state index contributed by atoms with van der Waals surface area (Å²) < 4.78 is 49.8. The molecule has 1 aliphatic rings. The van der Waals surface area contributed by atoms with Gasteiger partial charge in [-0.3, -0.25) is 19.1 Å². The molecule has 0 unspecified atom stereocenters. The summed E-state index contributed by atoms with van der Waals surface area (Å²) in [5, 5.41) is 15.4. The molecule has 0 radical (unpaired) electrons. The van der Waals surface area contributed by atoms with Crippen molar-refractivity contribution >= 4 is 58.6 Å². The third-order valence-electron chi connectivity index (χ3n) is 7.54. The average molecular weight is 730 g/mol. The highest BCUT2D eigenvalue weighted by atomic mass is 35.5. The Bertz CT molecular complexity index is 1900. The topological polar surface area (TPSA) is 191 Å². The fourth-order valence-corrected chi connectivity index (χ4v) is 4.92. The number of carbonyl (C=O) groups is 4. The third kappa shape index (κ3) is 10.1. The lowest BCUT2D eigenvalue weighted by Gasteiger charge is -2.19. The molecule has 51 heavy (non-hydrogen) atoms. The number of hydrogen-bond donors (Lipinski definition) is 4. The minimum atomic E-state index is -4.64. The summed E-state index contributed by atoms with van der Waals surface area (Å²) >= 11 is 6.02. The van der Waals surface area contributed by atoms with E-state index in [1.807, 2.05) is 12.1 Å². The Kier molecular flexibility index (Phi) is 11.0. The summed E-state index contributed by atoms with van der Waals surface area (Å²) in [6, 6.07) is 12.5. The number of hydrogen-bond acceptors (Lipinski definition) is 12. The van der Waals surface area contributed by atoms with E-state index in [0.29, 0.717) is 23.6 Å². The van der Waals surface area contributed by atoms with Gasteiger partial charge in [-0.25, -0.2) is 4.79 Å². The number of nitrogens with one attached hydrogen (secondary N) is 4. The number of methoxy groups -OCH3 is 1. The van der Waals surface area contributed by atoms with E-state index in [9.17, 15) is 32.3 Å². The van der Waals surface area contributed by atoms with E-state index in [1.54, 1.807) is 25.4 Å². The zero-order valence-electron chi connectivity index (χ0n) is 27.1. The van der Waals surface area contributed by atoms with E-state index >= 15 is 0 Å². The number of esters is 1. The molecule has 0 aliphatic heterocycles. The van der Waals surface area contributed by atoms with Crippen LogP contribution in [0.2, 0.25) is 5.02 Å². The van der Waals surface area contributed by atoms with Crippen LogP contribution in [-0.4, -0.2) is 74.2 Å². The van der Waals surface area contributed by atoms with E-state index in [-0.39, 0.29) is 36.1 Å². The Morgan fingerprint density at radius 2 is 1.67 bits per heavy atom. The molecule has 4 aromatic rings. The molecular weight excluding hydrogens is 699 g/mol. The minimum Gasteiger partial charge on any atom is -0.467 e. The Morgan fingerprint density at radius 1 is 0.980 bits per heavy atom. The second-order valence-corrected chi connectivity index (χ2v) is 11.9. The lowest BCUT2D eigenvalue weighted by molar-refractivity contribution is -0.154. The Hall–Kier alpha value is -5.78. The highest BCUT2D eigenvalue weighted by Crippen LogP contribution is 2.48. The van der Waals surface area contributed by atoms with E-state index in [2.05, 4.69) is 41.3 Å².